The van der Waals surface area contributed by atoms with E-state index in [1.165, 1.54) is 12.3 Å². The summed E-state index contributed by atoms with van der Waals surface area (Å²) in [7, 11) is 0. The van der Waals surface area contributed by atoms with Crippen molar-refractivity contribution in [3.8, 4) is 0 Å². The number of pyridine rings is 2. The standard InChI is InChI=1S/C18H13ClFNO4/c19-14-3-1-2-11(16(14)20)6-10-4-5-15-12(9-22)7-13(18(24)25)17(23)21(15)8-10/h1-5,7-8,22H,6,9H2,(H,24,25). The summed E-state index contributed by atoms with van der Waals surface area (Å²) in [5.74, 6) is -1.91. The molecular weight excluding hydrogens is 349 g/mol. The number of hydrogen-bond acceptors (Lipinski definition) is 3. The average Bonchev–Trinajstić information content (AvgIpc) is 2.59. The number of benzene rings is 1. The SMILES string of the molecule is O=C(O)c1cc(CO)c2ccc(Cc3cccc(Cl)c3F)cn2c1=O. The van der Waals surface area contributed by atoms with Crippen LogP contribution in [0.5, 0.6) is 0 Å². The highest BCUT2D eigenvalue weighted by atomic mass is 35.5. The molecule has 7 heteroatoms. The Morgan fingerprint density at radius 3 is 2.64 bits per heavy atom. The summed E-state index contributed by atoms with van der Waals surface area (Å²) >= 11 is 5.77. The van der Waals surface area contributed by atoms with Crippen LogP contribution in [0.1, 0.15) is 27.0 Å². The van der Waals surface area contributed by atoms with E-state index in [9.17, 15) is 19.1 Å². The molecule has 3 aromatic rings. The van der Waals surface area contributed by atoms with Crippen LogP contribution in [0.25, 0.3) is 5.52 Å². The number of aliphatic hydroxyl groups excluding tert-OH is 1. The molecule has 3 rings (SSSR count). The van der Waals surface area contributed by atoms with Gasteiger partial charge in [0.1, 0.15) is 11.4 Å². The van der Waals surface area contributed by atoms with Crippen molar-refractivity contribution < 1.29 is 19.4 Å². The topological polar surface area (TPSA) is 79.0 Å². The van der Waals surface area contributed by atoms with E-state index in [0.29, 0.717) is 22.2 Å². The number of fused-ring (bicyclic) bond motifs is 1. The maximum absolute atomic E-state index is 14.1. The molecule has 0 aliphatic heterocycles. The fourth-order valence-corrected chi connectivity index (χ4v) is 2.90. The molecule has 0 spiro atoms. The molecule has 25 heavy (non-hydrogen) atoms. The fraction of sp³-hybridized carbons (Fsp3) is 0.111. The fourth-order valence-electron chi connectivity index (χ4n) is 2.70. The molecule has 128 valence electrons. The summed E-state index contributed by atoms with van der Waals surface area (Å²) in [6.07, 6.45) is 1.63. The molecule has 0 fully saturated rings. The van der Waals surface area contributed by atoms with Crippen LogP contribution >= 0.6 is 11.6 Å². The van der Waals surface area contributed by atoms with Crippen molar-refractivity contribution in [2.45, 2.75) is 13.0 Å². The van der Waals surface area contributed by atoms with E-state index in [-0.39, 0.29) is 11.4 Å². The predicted molar refractivity (Wildman–Crippen MR) is 90.8 cm³/mol. The highest BCUT2D eigenvalue weighted by Gasteiger charge is 2.15. The van der Waals surface area contributed by atoms with Gasteiger partial charge in [-0.1, -0.05) is 29.8 Å². The number of halogens is 2. The third-order valence-electron chi connectivity index (χ3n) is 3.93. The molecule has 0 saturated carbocycles. The zero-order valence-corrected chi connectivity index (χ0v) is 13.6. The van der Waals surface area contributed by atoms with Crippen molar-refractivity contribution in [3.63, 3.8) is 0 Å². The molecule has 0 atom stereocenters. The number of aromatic carboxylic acids is 1. The van der Waals surface area contributed by atoms with Gasteiger partial charge in [-0.2, -0.15) is 0 Å². The Balaban J connectivity index is 2.16. The van der Waals surface area contributed by atoms with Crippen molar-refractivity contribution in [2.75, 3.05) is 0 Å². The lowest BCUT2D eigenvalue weighted by Crippen LogP contribution is -2.23. The minimum atomic E-state index is -1.37. The molecule has 2 N–H and O–H groups in total. The molecule has 1 aromatic carbocycles. The molecule has 0 radical (unpaired) electrons. The molecule has 0 saturated heterocycles. The monoisotopic (exact) mass is 361 g/mol. The molecule has 2 heterocycles. The van der Waals surface area contributed by atoms with E-state index in [1.807, 2.05) is 0 Å². The van der Waals surface area contributed by atoms with Crippen LogP contribution in [0.3, 0.4) is 0 Å². The molecule has 0 amide bonds. The van der Waals surface area contributed by atoms with Crippen LogP contribution in [-0.2, 0) is 13.0 Å². The van der Waals surface area contributed by atoms with Gasteiger partial charge in [0.25, 0.3) is 5.56 Å². The Bertz CT molecular complexity index is 1050. The first-order valence-electron chi connectivity index (χ1n) is 7.36. The van der Waals surface area contributed by atoms with Gasteiger partial charge in [0, 0.05) is 18.2 Å². The first-order chi connectivity index (χ1) is 11.9. The first-order valence-corrected chi connectivity index (χ1v) is 7.74. The van der Waals surface area contributed by atoms with Gasteiger partial charge in [-0.05, 0) is 29.3 Å². The Morgan fingerprint density at radius 2 is 1.96 bits per heavy atom. The van der Waals surface area contributed by atoms with Gasteiger partial charge >= 0.3 is 5.97 Å². The summed E-state index contributed by atoms with van der Waals surface area (Å²) in [4.78, 5) is 23.6. The summed E-state index contributed by atoms with van der Waals surface area (Å²) in [5.41, 5.74) is 0.518. The first kappa shape index (κ1) is 17.1. The Hall–Kier alpha value is -2.70. The van der Waals surface area contributed by atoms with Gasteiger partial charge in [0.2, 0.25) is 0 Å². The van der Waals surface area contributed by atoms with Crippen LogP contribution in [-0.4, -0.2) is 20.6 Å². The average molecular weight is 362 g/mol. The maximum atomic E-state index is 14.1. The number of aromatic nitrogens is 1. The second-order valence-corrected chi connectivity index (χ2v) is 5.94. The van der Waals surface area contributed by atoms with Crippen LogP contribution in [0.15, 0.2) is 47.4 Å². The third kappa shape index (κ3) is 3.14. The molecule has 2 aromatic heterocycles. The van der Waals surface area contributed by atoms with Crippen LogP contribution in [0.4, 0.5) is 4.39 Å². The summed E-state index contributed by atoms with van der Waals surface area (Å²) < 4.78 is 15.2. The van der Waals surface area contributed by atoms with Crippen LogP contribution < -0.4 is 5.56 Å². The Labute approximate surface area is 146 Å². The summed E-state index contributed by atoms with van der Waals surface area (Å²) in [6, 6.07) is 9.10. The largest absolute Gasteiger partial charge is 0.477 e. The lowest BCUT2D eigenvalue weighted by atomic mass is 10.0. The van der Waals surface area contributed by atoms with Crippen molar-refractivity contribution >= 4 is 23.1 Å². The quantitative estimate of drug-likeness (QED) is 0.749. The minimum Gasteiger partial charge on any atom is -0.477 e. The number of hydrogen-bond donors (Lipinski definition) is 2. The molecule has 0 bridgehead atoms. The number of rotatable bonds is 4. The van der Waals surface area contributed by atoms with E-state index < -0.39 is 29.5 Å². The number of aliphatic hydroxyl groups is 1. The van der Waals surface area contributed by atoms with Gasteiger partial charge < -0.3 is 10.2 Å². The predicted octanol–water partition coefficient (Wildman–Crippen LogP) is 2.87. The van der Waals surface area contributed by atoms with E-state index in [4.69, 9.17) is 16.7 Å². The minimum absolute atomic E-state index is 0.00573. The van der Waals surface area contributed by atoms with E-state index in [0.717, 1.165) is 10.5 Å². The normalized spacial score (nSPS) is 11.0. The smallest absolute Gasteiger partial charge is 0.341 e. The van der Waals surface area contributed by atoms with Crippen molar-refractivity contribution in [2.24, 2.45) is 0 Å². The number of carboxylic acids is 1. The van der Waals surface area contributed by atoms with Crippen molar-refractivity contribution in [3.05, 3.63) is 86.0 Å². The molecular formula is C18H13ClFNO4. The number of carbonyl (C=O) groups is 1. The second kappa shape index (κ2) is 6.66. The highest BCUT2D eigenvalue weighted by Crippen LogP contribution is 2.21. The van der Waals surface area contributed by atoms with Gasteiger partial charge in [0.05, 0.1) is 17.1 Å². The van der Waals surface area contributed by atoms with Crippen LogP contribution in [0.2, 0.25) is 5.02 Å². The second-order valence-electron chi connectivity index (χ2n) is 5.53. The van der Waals surface area contributed by atoms with Gasteiger partial charge in [-0.3, -0.25) is 9.20 Å². The van der Waals surface area contributed by atoms with Crippen molar-refractivity contribution in [1.29, 1.82) is 0 Å². The number of nitrogens with zero attached hydrogens (tertiary/aromatic N) is 1. The van der Waals surface area contributed by atoms with Crippen LogP contribution in [0, 0.1) is 5.82 Å². The van der Waals surface area contributed by atoms with Gasteiger partial charge in [0.15, 0.2) is 0 Å². The zero-order chi connectivity index (χ0) is 18.1. The summed E-state index contributed by atoms with van der Waals surface area (Å²) in [6.45, 7) is -0.410. The number of carboxylic acid groups (broad SMARTS) is 1. The summed E-state index contributed by atoms with van der Waals surface area (Å²) in [5, 5.41) is 18.6. The zero-order valence-electron chi connectivity index (χ0n) is 12.9. The third-order valence-corrected chi connectivity index (χ3v) is 4.23. The molecule has 0 aliphatic rings. The lowest BCUT2D eigenvalue weighted by molar-refractivity contribution is 0.0694. The van der Waals surface area contributed by atoms with E-state index in [1.54, 1.807) is 24.3 Å². The van der Waals surface area contributed by atoms with E-state index >= 15 is 0 Å². The maximum Gasteiger partial charge on any atom is 0.341 e. The van der Waals surface area contributed by atoms with Crippen molar-refractivity contribution in [1.82, 2.24) is 4.40 Å². The molecule has 0 aliphatic carbocycles. The highest BCUT2D eigenvalue weighted by molar-refractivity contribution is 6.30. The lowest BCUT2D eigenvalue weighted by Gasteiger charge is -2.10. The van der Waals surface area contributed by atoms with E-state index in [2.05, 4.69) is 0 Å². The van der Waals surface area contributed by atoms with Gasteiger partial charge in [-0.25, -0.2) is 9.18 Å². The Kier molecular flexibility index (Phi) is 4.57. The Morgan fingerprint density at radius 1 is 1.20 bits per heavy atom. The van der Waals surface area contributed by atoms with Gasteiger partial charge in [-0.15, -0.1) is 0 Å². The molecule has 0 unspecified atom stereocenters. The molecule has 5 nitrogen and oxygen atoms in total.